The van der Waals surface area contributed by atoms with Crippen molar-refractivity contribution in [1.82, 2.24) is 19.1 Å². The van der Waals surface area contributed by atoms with Gasteiger partial charge in [0.1, 0.15) is 0 Å². The standard InChI is InChI=1S/2C7H12N2.Ag.NO3/c2*1-2-3-5-9-6-4-8-7-9;;2-1(3)4/h2*4,6-7H,2-3,5H2,1H3;;/q;;+1;-1. The molecular formula is C14H24AgN5O3. The van der Waals surface area contributed by atoms with Gasteiger partial charge in [0.05, 0.1) is 17.7 Å². The molecule has 0 fully saturated rings. The third-order valence-electron chi connectivity index (χ3n) is 2.66. The monoisotopic (exact) mass is 417 g/mol. The normalized spacial score (nSPS) is 8.78. The van der Waals surface area contributed by atoms with Crippen molar-refractivity contribution in [2.75, 3.05) is 0 Å². The Hall–Kier alpha value is -1.64. The van der Waals surface area contributed by atoms with E-state index < -0.39 is 5.09 Å². The second-order valence-corrected chi connectivity index (χ2v) is 4.53. The van der Waals surface area contributed by atoms with Crippen molar-refractivity contribution in [3.63, 3.8) is 0 Å². The van der Waals surface area contributed by atoms with E-state index in [4.69, 9.17) is 15.3 Å². The van der Waals surface area contributed by atoms with Crippen molar-refractivity contribution >= 4 is 0 Å². The van der Waals surface area contributed by atoms with E-state index in [2.05, 4.69) is 32.9 Å². The summed E-state index contributed by atoms with van der Waals surface area (Å²) in [5, 5.41) is 14.8. The van der Waals surface area contributed by atoms with Crippen LogP contribution in [0.3, 0.4) is 0 Å². The molecule has 0 aliphatic rings. The summed E-state index contributed by atoms with van der Waals surface area (Å²) >= 11 is 0. The third-order valence-corrected chi connectivity index (χ3v) is 2.66. The second-order valence-electron chi connectivity index (χ2n) is 4.53. The molecule has 0 aromatic carbocycles. The Morgan fingerprint density at radius 3 is 1.48 bits per heavy atom. The van der Waals surface area contributed by atoms with Gasteiger partial charge in [0, 0.05) is 37.9 Å². The van der Waals surface area contributed by atoms with Crippen LogP contribution in [0.5, 0.6) is 0 Å². The summed E-state index contributed by atoms with van der Waals surface area (Å²) < 4.78 is 4.20. The molecule has 2 aromatic heterocycles. The Kier molecular flexibility index (Phi) is 17.2. The van der Waals surface area contributed by atoms with E-state index in [-0.39, 0.29) is 22.4 Å². The second kappa shape index (κ2) is 16.7. The maximum Gasteiger partial charge on any atom is 1.00 e. The quantitative estimate of drug-likeness (QED) is 0.408. The van der Waals surface area contributed by atoms with Gasteiger partial charge in [0.2, 0.25) is 0 Å². The zero-order chi connectivity index (χ0) is 16.6. The molecule has 134 valence electrons. The van der Waals surface area contributed by atoms with Crippen molar-refractivity contribution in [2.45, 2.75) is 52.6 Å². The molecule has 0 amide bonds. The summed E-state index contributed by atoms with van der Waals surface area (Å²) in [5.41, 5.74) is 0. The number of aromatic nitrogens is 4. The Morgan fingerprint density at radius 1 is 0.913 bits per heavy atom. The molecule has 23 heavy (non-hydrogen) atoms. The maximum absolute atomic E-state index is 8.25. The Labute approximate surface area is 152 Å². The first kappa shape index (κ1) is 23.6. The number of unbranched alkanes of at least 4 members (excludes halogenated alkanes) is 2. The van der Waals surface area contributed by atoms with Gasteiger partial charge in [-0.25, -0.2) is 9.97 Å². The number of aryl methyl sites for hydroxylation is 2. The van der Waals surface area contributed by atoms with Crippen LogP contribution in [0.2, 0.25) is 0 Å². The predicted octanol–water partition coefficient (Wildman–Crippen LogP) is 3.12. The first-order valence-electron chi connectivity index (χ1n) is 7.33. The fourth-order valence-corrected chi connectivity index (χ4v) is 1.52. The zero-order valence-electron chi connectivity index (χ0n) is 13.5. The Balaban J connectivity index is 0. The summed E-state index contributed by atoms with van der Waals surface area (Å²) in [6.45, 7) is 6.60. The van der Waals surface area contributed by atoms with Gasteiger partial charge < -0.3 is 24.5 Å². The summed E-state index contributed by atoms with van der Waals surface area (Å²) in [4.78, 5) is 16.1. The van der Waals surface area contributed by atoms with Crippen LogP contribution >= 0.6 is 0 Å². The average Bonchev–Trinajstić information content (AvgIpc) is 3.16. The molecule has 0 bridgehead atoms. The minimum Gasteiger partial charge on any atom is -0.356 e. The van der Waals surface area contributed by atoms with E-state index in [1.807, 2.05) is 37.4 Å². The SMILES string of the molecule is CCCCn1ccnc1.CCCCn1ccnc1.O=[N+]([O-])[O-].[Ag+]. The summed E-state index contributed by atoms with van der Waals surface area (Å²) in [6, 6.07) is 0. The number of imidazole rings is 2. The fourth-order valence-electron chi connectivity index (χ4n) is 1.52. The van der Waals surface area contributed by atoms with Gasteiger partial charge >= 0.3 is 22.4 Å². The molecule has 0 radical (unpaired) electrons. The molecule has 0 atom stereocenters. The molecule has 0 aliphatic carbocycles. The van der Waals surface area contributed by atoms with Gasteiger partial charge in [0.25, 0.3) is 0 Å². The number of hydrogen-bond acceptors (Lipinski definition) is 5. The first-order valence-corrected chi connectivity index (χ1v) is 7.33. The van der Waals surface area contributed by atoms with E-state index in [0.29, 0.717) is 0 Å². The van der Waals surface area contributed by atoms with Gasteiger partial charge in [-0.1, -0.05) is 26.7 Å². The molecule has 8 nitrogen and oxygen atoms in total. The minimum absolute atomic E-state index is 0. The van der Waals surface area contributed by atoms with E-state index in [0.717, 1.165) is 13.1 Å². The van der Waals surface area contributed by atoms with E-state index >= 15 is 0 Å². The first-order chi connectivity index (χ1) is 10.6. The molecule has 2 heterocycles. The third kappa shape index (κ3) is 16.6. The molecule has 0 saturated heterocycles. The molecular weight excluding hydrogens is 394 g/mol. The van der Waals surface area contributed by atoms with Crippen molar-refractivity contribution in [3.05, 3.63) is 52.8 Å². The predicted molar refractivity (Wildman–Crippen MR) is 84.6 cm³/mol. The molecule has 2 rings (SSSR count). The fraction of sp³-hybridized carbons (Fsp3) is 0.571. The molecule has 0 spiro atoms. The molecule has 2 aromatic rings. The summed E-state index contributed by atoms with van der Waals surface area (Å²) in [7, 11) is 0. The smallest absolute Gasteiger partial charge is 0.356 e. The number of hydrogen-bond donors (Lipinski definition) is 0. The van der Waals surface area contributed by atoms with Crippen molar-refractivity contribution < 1.29 is 27.5 Å². The topological polar surface area (TPSA) is 102 Å². The zero-order valence-corrected chi connectivity index (χ0v) is 15.0. The molecule has 0 saturated carbocycles. The van der Waals surface area contributed by atoms with Gasteiger partial charge in [-0.2, -0.15) is 0 Å². The van der Waals surface area contributed by atoms with E-state index in [9.17, 15) is 0 Å². The van der Waals surface area contributed by atoms with Crippen LogP contribution in [0.15, 0.2) is 37.4 Å². The van der Waals surface area contributed by atoms with Gasteiger partial charge in [-0.05, 0) is 12.8 Å². The van der Waals surface area contributed by atoms with Gasteiger partial charge in [0.15, 0.2) is 0 Å². The molecule has 0 unspecified atom stereocenters. The molecule has 0 aliphatic heterocycles. The summed E-state index contributed by atoms with van der Waals surface area (Å²) in [5.74, 6) is 0. The largest absolute Gasteiger partial charge is 1.00 e. The van der Waals surface area contributed by atoms with Crippen LogP contribution in [0.4, 0.5) is 0 Å². The maximum atomic E-state index is 8.25. The van der Waals surface area contributed by atoms with Crippen molar-refractivity contribution in [2.24, 2.45) is 0 Å². The van der Waals surface area contributed by atoms with Crippen LogP contribution in [0.25, 0.3) is 0 Å². The average molecular weight is 418 g/mol. The van der Waals surface area contributed by atoms with Crippen LogP contribution in [-0.4, -0.2) is 24.2 Å². The van der Waals surface area contributed by atoms with Crippen molar-refractivity contribution in [3.8, 4) is 0 Å². The van der Waals surface area contributed by atoms with Crippen LogP contribution in [0.1, 0.15) is 39.5 Å². The Morgan fingerprint density at radius 2 is 1.26 bits per heavy atom. The van der Waals surface area contributed by atoms with Crippen LogP contribution in [0, 0.1) is 15.3 Å². The van der Waals surface area contributed by atoms with Gasteiger partial charge in [-0.15, -0.1) is 0 Å². The number of nitrogens with zero attached hydrogens (tertiary/aromatic N) is 5. The van der Waals surface area contributed by atoms with Crippen molar-refractivity contribution in [1.29, 1.82) is 0 Å². The minimum atomic E-state index is -1.75. The van der Waals surface area contributed by atoms with Gasteiger partial charge in [-0.3, -0.25) is 0 Å². The molecule has 9 heteroatoms. The van der Waals surface area contributed by atoms with E-state index in [1.54, 1.807) is 0 Å². The Bertz CT molecular complexity index is 420. The van der Waals surface area contributed by atoms with E-state index in [1.165, 1.54) is 25.7 Å². The van der Waals surface area contributed by atoms with Crippen LogP contribution < -0.4 is 0 Å². The summed E-state index contributed by atoms with van der Waals surface area (Å²) in [6.07, 6.45) is 16.3. The molecule has 0 N–H and O–H groups in total. The van der Waals surface area contributed by atoms with Crippen LogP contribution in [-0.2, 0) is 35.5 Å². The number of rotatable bonds is 6.